The van der Waals surface area contributed by atoms with Crippen molar-refractivity contribution in [2.24, 2.45) is 5.73 Å². The number of nitrogens with two attached hydrogens (primary N) is 1. The molecule has 0 unspecified atom stereocenters. The van der Waals surface area contributed by atoms with Crippen molar-refractivity contribution in [3.8, 4) is 0 Å². The monoisotopic (exact) mass is 402 g/mol. The van der Waals surface area contributed by atoms with Gasteiger partial charge in [-0.15, -0.1) is 0 Å². The molecule has 4 atom stereocenters. The lowest BCUT2D eigenvalue weighted by atomic mass is 9.85. The number of likely N-dealkylation sites (tertiary alicyclic amines) is 1. The molecule has 7 heteroatoms. The van der Waals surface area contributed by atoms with Gasteiger partial charge in [0, 0.05) is 30.7 Å². The van der Waals surface area contributed by atoms with Crippen LogP contribution in [-0.4, -0.2) is 65.6 Å². The van der Waals surface area contributed by atoms with Crippen molar-refractivity contribution in [1.29, 1.82) is 0 Å². The number of nitrogens with one attached hydrogen (secondary N) is 1. The number of rotatable bonds is 6. The van der Waals surface area contributed by atoms with Gasteiger partial charge in [-0.3, -0.25) is 4.79 Å². The van der Waals surface area contributed by atoms with Crippen LogP contribution in [0.5, 0.6) is 0 Å². The molecule has 3 N–H and O–H groups in total. The molecule has 29 heavy (non-hydrogen) atoms. The van der Waals surface area contributed by atoms with Gasteiger partial charge in [-0.2, -0.15) is 0 Å². The lowest BCUT2D eigenvalue weighted by molar-refractivity contribution is -0.132. The van der Waals surface area contributed by atoms with Gasteiger partial charge in [0.15, 0.2) is 0 Å². The predicted octanol–water partition coefficient (Wildman–Crippen LogP) is 2.10. The second-order valence-corrected chi connectivity index (χ2v) is 8.54. The number of benzene rings is 1. The van der Waals surface area contributed by atoms with Gasteiger partial charge in [0.2, 0.25) is 5.91 Å². The molecule has 2 aliphatic rings. The Morgan fingerprint density at radius 1 is 1.28 bits per heavy atom. The van der Waals surface area contributed by atoms with E-state index < -0.39 is 12.1 Å². The standard InChI is InChI=1S/C22H34N4O3/c1-15(2)25(3)17-9-10-20(18(23)13-17)26-12-11-19(21(26)27)24-22(28)29-14-16-7-5-4-6-8-16/h4-8,15,17-20H,9-14,23H2,1-3H3,(H,24,28)/t17-,18-,19+,20+/m1/s1. The Balaban J connectivity index is 1.49. The largest absolute Gasteiger partial charge is 0.445 e. The highest BCUT2D eigenvalue weighted by atomic mass is 16.5. The molecule has 1 aliphatic heterocycles. The fraction of sp³-hybridized carbons (Fsp3) is 0.636. The predicted molar refractivity (Wildman–Crippen MR) is 112 cm³/mol. The minimum Gasteiger partial charge on any atom is -0.445 e. The average Bonchev–Trinajstić information content (AvgIpc) is 3.06. The van der Waals surface area contributed by atoms with Crippen LogP contribution < -0.4 is 11.1 Å². The van der Waals surface area contributed by atoms with Gasteiger partial charge in [-0.05, 0) is 52.1 Å². The first-order valence-corrected chi connectivity index (χ1v) is 10.6. The lowest BCUT2D eigenvalue weighted by Crippen LogP contribution is -2.56. The molecule has 3 rings (SSSR count). The number of ether oxygens (including phenoxy) is 1. The van der Waals surface area contributed by atoms with E-state index in [-0.39, 0.29) is 24.6 Å². The van der Waals surface area contributed by atoms with E-state index in [4.69, 9.17) is 10.5 Å². The number of alkyl carbamates (subject to hydrolysis) is 1. The fourth-order valence-corrected chi connectivity index (χ4v) is 4.42. The van der Waals surface area contributed by atoms with Crippen LogP contribution >= 0.6 is 0 Å². The number of carbonyl (C=O) groups excluding carboxylic acids is 2. The van der Waals surface area contributed by atoms with Crippen LogP contribution in [0.2, 0.25) is 0 Å². The van der Waals surface area contributed by atoms with Crippen molar-refractivity contribution >= 4 is 12.0 Å². The zero-order chi connectivity index (χ0) is 21.0. The van der Waals surface area contributed by atoms with Gasteiger partial charge in [-0.1, -0.05) is 30.3 Å². The Morgan fingerprint density at radius 2 is 2.00 bits per heavy atom. The second kappa shape index (κ2) is 9.59. The van der Waals surface area contributed by atoms with Crippen LogP contribution in [0.4, 0.5) is 4.79 Å². The summed E-state index contributed by atoms with van der Waals surface area (Å²) in [4.78, 5) is 29.2. The molecule has 1 saturated carbocycles. The number of amides is 2. The van der Waals surface area contributed by atoms with Crippen LogP contribution in [0.15, 0.2) is 30.3 Å². The van der Waals surface area contributed by atoms with Crippen molar-refractivity contribution in [2.45, 2.75) is 76.3 Å². The van der Waals surface area contributed by atoms with E-state index in [1.54, 1.807) is 0 Å². The third kappa shape index (κ3) is 5.28. The highest BCUT2D eigenvalue weighted by Crippen LogP contribution is 2.29. The van der Waals surface area contributed by atoms with Crippen molar-refractivity contribution in [3.05, 3.63) is 35.9 Å². The Labute approximate surface area is 173 Å². The van der Waals surface area contributed by atoms with E-state index in [0.29, 0.717) is 25.0 Å². The van der Waals surface area contributed by atoms with Gasteiger partial charge >= 0.3 is 6.09 Å². The first kappa shape index (κ1) is 21.6. The molecule has 2 amide bonds. The molecule has 0 aromatic heterocycles. The van der Waals surface area contributed by atoms with Crippen LogP contribution in [0.1, 0.15) is 45.1 Å². The van der Waals surface area contributed by atoms with Crippen LogP contribution in [0.3, 0.4) is 0 Å². The van der Waals surface area contributed by atoms with E-state index >= 15 is 0 Å². The molecular weight excluding hydrogens is 368 g/mol. The highest BCUT2D eigenvalue weighted by Gasteiger charge is 2.41. The number of carbonyl (C=O) groups is 2. The summed E-state index contributed by atoms with van der Waals surface area (Å²) in [6.45, 7) is 5.20. The third-order valence-corrected chi connectivity index (χ3v) is 6.37. The Bertz CT molecular complexity index is 697. The summed E-state index contributed by atoms with van der Waals surface area (Å²) in [6.07, 6.45) is 2.87. The van der Waals surface area contributed by atoms with Gasteiger partial charge in [0.05, 0.1) is 0 Å². The summed E-state index contributed by atoms with van der Waals surface area (Å²) in [5.41, 5.74) is 7.39. The van der Waals surface area contributed by atoms with Crippen LogP contribution in [-0.2, 0) is 16.1 Å². The van der Waals surface area contributed by atoms with E-state index in [0.717, 1.165) is 24.8 Å². The number of hydrogen-bond donors (Lipinski definition) is 2. The lowest BCUT2D eigenvalue weighted by Gasteiger charge is -2.43. The molecule has 160 valence electrons. The van der Waals surface area contributed by atoms with Crippen molar-refractivity contribution in [2.75, 3.05) is 13.6 Å². The van der Waals surface area contributed by atoms with E-state index in [1.165, 1.54) is 0 Å². The molecule has 0 spiro atoms. The van der Waals surface area contributed by atoms with Crippen molar-refractivity contribution < 1.29 is 14.3 Å². The summed E-state index contributed by atoms with van der Waals surface area (Å²) in [5, 5.41) is 2.72. The van der Waals surface area contributed by atoms with Gasteiger partial charge in [-0.25, -0.2) is 4.79 Å². The smallest absolute Gasteiger partial charge is 0.408 e. The highest BCUT2D eigenvalue weighted by molar-refractivity contribution is 5.87. The zero-order valence-corrected chi connectivity index (χ0v) is 17.7. The second-order valence-electron chi connectivity index (χ2n) is 8.54. The Morgan fingerprint density at radius 3 is 2.66 bits per heavy atom. The molecule has 0 bridgehead atoms. The molecule has 1 aliphatic carbocycles. The fourth-order valence-electron chi connectivity index (χ4n) is 4.42. The SMILES string of the molecule is CC(C)N(C)[C@@H]1CC[C@H](N2CC[C@H](NC(=O)OCc3ccccc3)C2=O)[C@H](N)C1. The van der Waals surface area contributed by atoms with Crippen molar-refractivity contribution in [3.63, 3.8) is 0 Å². The Hall–Kier alpha value is -2.12. The maximum Gasteiger partial charge on any atom is 0.408 e. The van der Waals surface area contributed by atoms with Gasteiger partial charge in [0.25, 0.3) is 0 Å². The number of nitrogens with zero attached hydrogens (tertiary/aromatic N) is 2. The maximum atomic E-state index is 12.9. The normalized spacial score (nSPS) is 27.5. The van der Waals surface area contributed by atoms with Crippen LogP contribution in [0, 0.1) is 0 Å². The summed E-state index contributed by atoms with van der Waals surface area (Å²) in [7, 11) is 2.14. The summed E-state index contributed by atoms with van der Waals surface area (Å²) in [6, 6.07) is 9.91. The van der Waals surface area contributed by atoms with E-state index in [9.17, 15) is 9.59 Å². The summed E-state index contributed by atoms with van der Waals surface area (Å²) >= 11 is 0. The molecule has 1 aromatic carbocycles. The molecule has 2 fully saturated rings. The first-order chi connectivity index (χ1) is 13.9. The van der Waals surface area contributed by atoms with Crippen LogP contribution in [0.25, 0.3) is 0 Å². The number of hydrogen-bond acceptors (Lipinski definition) is 5. The minimum atomic E-state index is -0.555. The molecule has 0 radical (unpaired) electrons. The van der Waals surface area contributed by atoms with Gasteiger partial charge in [0.1, 0.15) is 12.6 Å². The molecular formula is C22H34N4O3. The quantitative estimate of drug-likeness (QED) is 0.761. The topological polar surface area (TPSA) is 87.9 Å². The first-order valence-electron chi connectivity index (χ1n) is 10.6. The third-order valence-electron chi connectivity index (χ3n) is 6.37. The van der Waals surface area contributed by atoms with E-state index in [2.05, 4.69) is 31.1 Å². The van der Waals surface area contributed by atoms with E-state index in [1.807, 2.05) is 35.2 Å². The summed E-state index contributed by atoms with van der Waals surface area (Å²) < 4.78 is 5.25. The molecule has 1 aromatic rings. The maximum absolute atomic E-state index is 12.9. The molecule has 7 nitrogen and oxygen atoms in total. The Kier molecular flexibility index (Phi) is 7.14. The zero-order valence-electron chi connectivity index (χ0n) is 17.7. The molecule has 1 heterocycles. The van der Waals surface area contributed by atoms with Gasteiger partial charge < -0.3 is 25.6 Å². The average molecular weight is 403 g/mol. The minimum absolute atomic E-state index is 0.0392. The summed E-state index contributed by atoms with van der Waals surface area (Å²) in [5.74, 6) is -0.0437. The molecule has 1 saturated heterocycles. The van der Waals surface area contributed by atoms with Crippen molar-refractivity contribution in [1.82, 2.24) is 15.1 Å².